The van der Waals surface area contributed by atoms with E-state index >= 15 is 0 Å². The molecule has 2 rings (SSSR count). The summed E-state index contributed by atoms with van der Waals surface area (Å²) < 4.78 is 11.1. The number of fused-ring (bicyclic) bond motifs is 1. The molecule has 4 atom stereocenters. The minimum atomic E-state index is -1.57. The monoisotopic (exact) mass is 454 g/mol. The van der Waals surface area contributed by atoms with E-state index < -0.39 is 30.1 Å². The SMILES string of the molecule is COc1cc(O)c2c(c1Br)/C=C/C[C@H](O)C(O)C(=O)/C=C\[C@H](C)[C@H](C)OC2=O. The Hall–Kier alpha value is -2.16. The second kappa shape index (κ2) is 9.36. The van der Waals surface area contributed by atoms with Gasteiger partial charge in [-0.1, -0.05) is 25.2 Å². The third-order valence-electron chi connectivity index (χ3n) is 4.59. The number of hydrogen-bond donors (Lipinski definition) is 3. The number of halogens is 1. The maximum atomic E-state index is 12.7. The van der Waals surface area contributed by atoms with Crippen LogP contribution in [-0.2, 0) is 9.53 Å². The minimum absolute atomic E-state index is 0.0500. The molecule has 1 aromatic rings. The summed E-state index contributed by atoms with van der Waals surface area (Å²) in [4.78, 5) is 24.7. The van der Waals surface area contributed by atoms with Crippen molar-refractivity contribution in [3.8, 4) is 11.5 Å². The molecule has 0 spiro atoms. The van der Waals surface area contributed by atoms with Crippen LogP contribution in [0.2, 0.25) is 0 Å². The number of methoxy groups -OCH3 is 1. The van der Waals surface area contributed by atoms with Gasteiger partial charge in [-0.3, -0.25) is 4.79 Å². The number of ether oxygens (including phenoxy) is 2. The molecule has 152 valence electrons. The number of hydrogen-bond acceptors (Lipinski definition) is 7. The van der Waals surface area contributed by atoms with E-state index in [1.807, 2.05) is 0 Å². The van der Waals surface area contributed by atoms with Crippen molar-refractivity contribution in [3.05, 3.63) is 39.9 Å². The molecule has 0 saturated heterocycles. The van der Waals surface area contributed by atoms with E-state index in [1.54, 1.807) is 13.8 Å². The Morgan fingerprint density at radius 3 is 2.54 bits per heavy atom. The fourth-order valence-electron chi connectivity index (χ4n) is 2.64. The van der Waals surface area contributed by atoms with Crippen molar-refractivity contribution in [3.63, 3.8) is 0 Å². The highest BCUT2D eigenvalue weighted by Crippen LogP contribution is 2.38. The first kappa shape index (κ1) is 22.1. The van der Waals surface area contributed by atoms with Crippen LogP contribution in [0.15, 0.2) is 28.8 Å². The summed E-state index contributed by atoms with van der Waals surface area (Å²) in [6, 6.07) is 1.30. The number of carbonyl (C=O) groups is 2. The van der Waals surface area contributed by atoms with Gasteiger partial charge in [0.2, 0.25) is 0 Å². The van der Waals surface area contributed by atoms with Gasteiger partial charge in [0.15, 0.2) is 5.78 Å². The Morgan fingerprint density at radius 2 is 1.89 bits per heavy atom. The molecule has 0 radical (unpaired) electrons. The van der Waals surface area contributed by atoms with Crippen LogP contribution in [0.1, 0.15) is 36.2 Å². The van der Waals surface area contributed by atoms with Gasteiger partial charge in [0, 0.05) is 17.5 Å². The molecule has 28 heavy (non-hydrogen) atoms. The Balaban J connectivity index is 2.58. The highest BCUT2D eigenvalue weighted by Gasteiger charge is 2.26. The van der Waals surface area contributed by atoms with Gasteiger partial charge in [0.05, 0.1) is 17.7 Å². The molecule has 8 heteroatoms. The van der Waals surface area contributed by atoms with Gasteiger partial charge in [-0.15, -0.1) is 0 Å². The van der Waals surface area contributed by atoms with Gasteiger partial charge in [-0.05, 0) is 35.4 Å². The van der Waals surface area contributed by atoms with Crippen molar-refractivity contribution in [2.45, 2.75) is 38.6 Å². The maximum absolute atomic E-state index is 12.7. The normalized spacial score (nSPS) is 28.6. The third kappa shape index (κ3) is 4.81. The van der Waals surface area contributed by atoms with E-state index in [1.165, 1.54) is 37.5 Å². The number of phenols is 1. The largest absolute Gasteiger partial charge is 0.507 e. The molecule has 0 aliphatic carbocycles. The number of rotatable bonds is 1. The second-order valence-electron chi connectivity index (χ2n) is 6.58. The second-order valence-corrected chi connectivity index (χ2v) is 7.37. The Morgan fingerprint density at radius 1 is 1.21 bits per heavy atom. The topological polar surface area (TPSA) is 113 Å². The molecule has 1 aliphatic rings. The van der Waals surface area contributed by atoms with Crippen molar-refractivity contribution in [2.75, 3.05) is 7.11 Å². The fraction of sp³-hybridized carbons (Fsp3) is 0.400. The van der Waals surface area contributed by atoms with Crippen LogP contribution < -0.4 is 4.74 Å². The maximum Gasteiger partial charge on any atom is 0.342 e. The number of benzene rings is 1. The number of aliphatic hydroxyl groups excluding tert-OH is 2. The standard InChI is InChI=1S/C20H23BrO7/c1-10-7-8-14(23)19(25)13(22)6-4-5-12-17(20(26)28-11(10)2)15(24)9-16(27-3)18(12)21/h4-5,7-11,13,19,22,24-25H,6H2,1-3H3/b5-4+,8-7-/t10-,11-,13-,19?/m0/s1. The van der Waals surface area contributed by atoms with Crippen LogP contribution in [0, 0.1) is 5.92 Å². The minimum Gasteiger partial charge on any atom is -0.507 e. The van der Waals surface area contributed by atoms with Gasteiger partial charge in [-0.25, -0.2) is 4.79 Å². The number of cyclic esters (lactones) is 1. The summed E-state index contributed by atoms with van der Waals surface area (Å²) in [6.45, 7) is 3.39. The summed E-state index contributed by atoms with van der Waals surface area (Å²) in [5, 5.41) is 30.4. The van der Waals surface area contributed by atoms with Gasteiger partial charge in [-0.2, -0.15) is 0 Å². The molecular weight excluding hydrogens is 432 g/mol. The van der Waals surface area contributed by atoms with E-state index in [2.05, 4.69) is 15.9 Å². The van der Waals surface area contributed by atoms with Crippen molar-refractivity contribution in [1.29, 1.82) is 0 Å². The van der Waals surface area contributed by atoms with Gasteiger partial charge in [0.1, 0.15) is 29.3 Å². The van der Waals surface area contributed by atoms with E-state index in [0.29, 0.717) is 15.8 Å². The summed E-state index contributed by atoms with van der Waals surface area (Å²) in [7, 11) is 1.42. The van der Waals surface area contributed by atoms with Gasteiger partial charge >= 0.3 is 5.97 Å². The Bertz CT molecular complexity index is 815. The number of ketones is 1. The zero-order chi connectivity index (χ0) is 21.0. The Labute approximate surface area is 171 Å². The van der Waals surface area contributed by atoms with Crippen LogP contribution in [0.5, 0.6) is 11.5 Å². The molecule has 0 saturated carbocycles. The van der Waals surface area contributed by atoms with E-state index in [-0.39, 0.29) is 23.7 Å². The quantitative estimate of drug-likeness (QED) is 0.558. The zero-order valence-electron chi connectivity index (χ0n) is 15.8. The van der Waals surface area contributed by atoms with Crippen molar-refractivity contribution < 1.29 is 34.4 Å². The lowest BCUT2D eigenvalue weighted by Crippen LogP contribution is -2.32. The number of carbonyl (C=O) groups excluding carboxylic acids is 2. The van der Waals surface area contributed by atoms with Crippen LogP contribution in [-0.4, -0.2) is 52.5 Å². The van der Waals surface area contributed by atoms with Crippen LogP contribution >= 0.6 is 15.9 Å². The molecule has 0 aromatic heterocycles. The van der Waals surface area contributed by atoms with Crippen LogP contribution in [0.4, 0.5) is 0 Å². The molecule has 1 unspecified atom stereocenters. The summed E-state index contributed by atoms with van der Waals surface area (Å²) in [6.07, 6.45) is 2.09. The molecule has 0 amide bonds. The van der Waals surface area contributed by atoms with Crippen molar-refractivity contribution >= 4 is 33.8 Å². The predicted molar refractivity (Wildman–Crippen MR) is 106 cm³/mol. The first-order valence-electron chi connectivity index (χ1n) is 8.72. The lowest BCUT2D eigenvalue weighted by atomic mass is 9.99. The number of aliphatic hydroxyl groups is 2. The number of aromatic hydroxyl groups is 1. The van der Waals surface area contributed by atoms with Gasteiger partial charge in [0.25, 0.3) is 0 Å². The number of esters is 1. The lowest BCUT2D eigenvalue weighted by Gasteiger charge is -2.20. The highest BCUT2D eigenvalue weighted by molar-refractivity contribution is 9.10. The van der Waals surface area contributed by atoms with E-state index in [9.17, 15) is 24.9 Å². The van der Waals surface area contributed by atoms with Gasteiger partial charge < -0.3 is 24.8 Å². The van der Waals surface area contributed by atoms with Crippen molar-refractivity contribution in [1.82, 2.24) is 0 Å². The smallest absolute Gasteiger partial charge is 0.342 e. The summed E-state index contributed by atoms with van der Waals surface area (Å²) in [5.41, 5.74) is 0.234. The Kier molecular flexibility index (Phi) is 7.40. The number of phenolic OH excluding ortho intramolecular Hbond substituents is 1. The first-order valence-corrected chi connectivity index (χ1v) is 9.51. The molecule has 0 bridgehead atoms. The third-order valence-corrected chi connectivity index (χ3v) is 5.40. The van der Waals surface area contributed by atoms with Crippen LogP contribution in [0.25, 0.3) is 6.08 Å². The highest BCUT2D eigenvalue weighted by atomic mass is 79.9. The molecule has 1 heterocycles. The molecule has 3 N–H and O–H groups in total. The fourth-order valence-corrected chi connectivity index (χ4v) is 3.25. The van der Waals surface area contributed by atoms with Crippen LogP contribution in [0.3, 0.4) is 0 Å². The average molecular weight is 455 g/mol. The lowest BCUT2D eigenvalue weighted by molar-refractivity contribution is -0.127. The van der Waals surface area contributed by atoms with Crippen molar-refractivity contribution in [2.24, 2.45) is 5.92 Å². The molecule has 0 fully saturated rings. The summed E-state index contributed by atoms with van der Waals surface area (Å²) >= 11 is 3.35. The molecular formula is C20H23BrO7. The predicted octanol–water partition coefficient (Wildman–Crippen LogP) is 2.61. The molecule has 7 nitrogen and oxygen atoms in total. The van der Waals surface area contributed by atoms with E-state index in [0.717, 1.165) is 0 Å². The van der Waals surface area contributed by atoms with E-state index in [4.69, 9.17) is 9.47 Å². The zero-order valence-corrected chi connectivity index (χ0v) is 17.3. The first-order chi connectivity index (χ1) is 13.2. The summed E-state index contributed by atoms with van der Waals surface area (Å²) in [5.74, 6) is -1.73. The average Bonchev–Trinajstić information content (AvgIpc) is 2.66. The molecule has 1 aliphatic heterocycles. The molecule has 1 aromatic carbocycles.